The maximum Gasteiger partial charge on any atom is 0.225 e. The van der Waals surface area contributed by atoms with Gasteiger partial charge in [0.25, 0.3) is 0 Å². The number of anilines is 1. The van der Waals surface area contributed by atoms with Crippen LogP contribution in [0, 0.1) is 6.92 Å². The van der Waals surface area contributed by atoms with Gasteiger partial charge in [-0.2, -0.15) is 0 Å². The Kier molecular flexibility index (Phi) is 6.05. The second-order valence-electron chi connectivity index (χ2n) is 5.55. The lowest BCUT2D eigenvalue weighted by atomic mass is 9.95. The molecular weight excluding hydrogens is 316 g/mol. The van der Waals surface area contributed by atoms with Gasteiger partial charge in [-0.25, -0.2) is 0 Å². The maximum absolute atomic E-state index is 11.9. The lowest BCUT2D eigenvalue weighted by molar-refractivity contribution is -0.116. The number of carbonyl (C=O) groups is 1. The zero-order chi connectivity index (χ0) is 14.4. The Morgan fingerprint density at radius 1 is 1.30 bits per heavy atom. The predicted molar refractivity (Wildman–Crippen MR) is 87.0 cm³/mol. The molecular formula is C16H23BrN2O. The van der Waals surface area contributed by atoms with E-state index in [1.165, 1.54) is 32.1 Å². The first-order chi connectivity index (χ1) is 9.65. The van der Waals surface area contributed by atoms with Gasteiger partial charge in [0, 0.05) is 29.2 Å². The fourth-order valence-electron chi connectivity index (χ4n) is 2.64. The van der Waals surface area contributed by atoms with E-state index in [2.05, 4.69) is 26.6 Å². The summed E-state index contributed by atoms with van der Waals surface area (Å²) in [5, 5.41) is 6.44. The number of rotatable bonds is 5. The average Bonchev–Trinajstić information content (AvgIpc) is 2.44. The molecule has 0 saturated heterocycles. The second kappa shape index (κ2) is 7.79. The Labute approximate surface area is 129 Å². The minimum absolute atomic E-state index is 0.0787. The molecule has 1 aromatic carbocycles. The topological polar surface area (TPSA) is 41.1 Å². The summed E-state index contributed by atoms with van der Waals surface area (Å²) in [7, 11) is 0. The highest BCUT2D eigenvalue weighted by Crippen LogP contribution is 2.20. The molecule has 4 heteroatoms. The van der Waals surface area contributed by atoms with Gasteiger partial charge in [0.2, 0.25) is 5.91 Å². The number of amides is 1. The molecule has 3 nitrogen and oxygen atoms in total. The van der Waals surface area contributed by atoms with E-state index in [0.717, 1.165) is 22.3 Å². The molecule has 2 rings (SSSR count). The third kappa shape index (κ3) is 4.91. The molecule has 1 aliphatic carbocycles. The molecule has 0 radical (unpaired) electrons. The number of carbonyl (C=O) groups excluding carboxylic acids is 1. The Morgan fingerprint density at radius 2 is 2.05 bits per heavy atom. The standard InChI is InChI=1S/C16H23BrN2O/c1-12-11-14(7-8-15(12)17)19-16(20)9-10-18-13-5-3-2-4-6-13/h7-8,11,13,18H,2-6,9-10H2,1H3,(H,19,20). The minimum atomic E-state index is 0.0787. The van der Waals surface area contributed by atoms with Crippen LogP contribution >= 0.6 is 15.9 Å². The number of aryl methyl sites for hydroxylation is 1. The van der Waals surface area contributed by atoms with Gasteiger partial charge in [0.1, 0.15) is 0 Å². The fourth-order valence-corrected chi connectivity index (χ4v) is 2.89. The summed E-state index contributed by atoms with van der Waals surface area (Å²) in [6, 6.07) is 6.48. The normalized spacial score (nSPS) is 16.1. The SMILES string of the molecule is Cc1cc(NC(=O)CCNC2CCCCC2)ccc1Br. The van der Waals surface area contributed by atoms with Crippen molar-refractivity contribution in [2.75, 3.05) is 11.9 Å². The van der Waals surface area contributed by atoms with Gasteiger partial charge in [0.15, 0.2) is 0 Å². The first kappa shape index (κ1) is 15.5. The number of benzene rings is 1. The minimum Gasteiger partial charge on any atom is -0.326 e. The molecule has 110 valence electrons. The second-order valence-corrected chi connectivity index (χ2v) is 6.41. The van der Waals surface area contributed by atoms with Crippen LogP contribution in [0.1, 0.15) is 44.1 Å². The summed E-state index contributed by atoms with van der Waals surface area (Å²) in [4.78, 5) is 11.9. The van der Waals surface area contributed by atoms with Crippen LogP contribution in [0.4, 0.5) is 5.69 Å². The molecule has 0 unspecified atom stereocenters. The first-order valence-electron chi connectivity index (χ1n) is 7.44. The molecule has 1 saturated carbocycles. The van der Waals surface area contributed by atoms with Gasteiger partial charge in [-0.15, -0.1) is 0 Å². The van der Waals surface area contributed by atoms with Crippen molar-refractivity contribution in [1.29, 1.82) is 0 Å². The van der Waals surface area contributed by atoms with E-state index in [0.29, 0.717) is 12.5 Å². The van der Waals surface area contributed by atoms with Crippen molar-refractivity contribution < 1.29 is 4.79 Å². The largest absolute Gasteiger partial charge is 0.326 e. The molecule has 1 fully saturated rings. The molecule has 0 aromatic heterocycles. The predicted octanol–water partition coefficient (Wildman–Crippen LogP) is 4.01. The van der Waals surface area contributed by atoms with E-state index in [1.54, 1.807) is 0 Å². The Balaban J connectivity index is 1.70. The summed E-state index contributed by atoms with van der Waals surface area (Å²) in [5.41, 5.74) is 2.00. The van der Waals surface area contributed by atoms with E-state index in [-0.39, 0.29) is 5.91 Å². The van der Waals surface area contributed by atoms with Crippen molar-refractivity contribution in [2.24, 2.45) is 0 Å². The zero-order valence-corrected chi connectivity index (χ0v) is 13.6. The van der Waals surface area contributed by atoms with E-state index >= 15 is 0 Å². The van der Waals surface area contributed by atoms with Crippen LogP contribution in [0.25, 0.3) is 0 Å². The highest BCUT2D eigenvalue weighted by molar-refractivity contribution is 9.10. The number of halogens is 1. The van der Waals surface area contributed by atoms with E-state index in [4.69, 9.17) is 0 Å². The molecule has 1 aromatic rings. The molecule has 1 aliphatic rings. The average molecular weight is 339 g/mol. The molecule has 20 heavy (non-hydrogen) atoms. The summed E-state index contributed by atoms with van der Waals surface area (Å²) in [6.45, 7) is 2.79. The zero-order valence-electron chi connectivity index (χ0n) is 12.0. The van der Waals surface area contributed by atoms with Gasteiger partial charge in [-0.3, -0.25) is 4.79 Å². The van der Waals surface area contributed by atoms with E-state index in [1.807, 2.05) is 25.1 Å². The Hall–Kier alpha value is -0.870. The number of hydrogen-bond acceptors (Lipinski definition) is 2. The summed E-state index contributed by atoms with van der Waals surface area (Å²) in [6.07, 6.45) is 7.05. The van der Waals surface area contributed by atoms with E-state index < -0.39 is 0 Å². The van der Waals surface area contributed by atoms with Crippen LogP contribution in [-0.4, -0.2) is 18.5 Å². The molecule has 2 N–H and O–H groups in total. The Bertz CT molecular complexity index is 456. The lowest BCUT2D eigenvalue weighted by Gasteiger charge is -2.22. The Morgan fingerprint density at radius 3 is 2.75 bits per heavy atom. The van der Waals surface area contributed by atoms with Crippen molar-refractivity contribution in [3.63, 3.8) is 0 Å². The third-order valence-electron chi connectivity index (χ3n) is 3.83. The molecule has 0 aliphatic heterocycles. The van der Waals surface area contributed by atoms with Gasteiger partial charge in [-0.05, 0) is 43.5 Å². The molecule has 1 amide bonds. The highest BCUT2D eigenvalue weighted by atomic mass is 79.9. The van der Waals surface area contributed by atoms with Crippen molar-refractivity contribution >= 4 is 27.5 Å². The number of hydrogen-bond donors (Lipinski definition) is 2. The van der Waals surface area contributed by atoms with Crippen LogP contribution in [0.15, 0.2) is 22.7 Å². The van der Waals surface area contributed by atoms with Crippen molar-refractivity contribution in [3.8, 4) is 0 Å². The number of nitrogens with one attached hydrogen (secondary N) is 2. The molecule has 0 spiro atoms. The van der Waals surface area contributed by atoms with Crippen molar-refractivity contribution in [2.45, 2.75) is 51.5 Å². The van der Waals surface area contributed by atoms with Crippen LogP contribution in [0.3, 0.4) is 0 Å². The molecule has 0 heterocycles. The lowest BCUT2D eigenvalue weighted by Crippen LogP contribution is -2.33. The van der Waals surface area contributed by atoms with Crippen LogP contribution in [0.5, 0.6) is 0 Å². The first-order valence-corrected chi connectivity index (χ1v) is 8.24. The smallest absolute Gasteiger partial charge is 0.225 e. The summed E-state index contributed by atoms with van der Waals surface area (Å²) >= 11 is 3.46. The third-order valence-corrected chi connectivity index (χ3v) is 4.72. The van der Waals surface area contributed by atoms with Gasteiger partial charge in [0.05, 0.1) is 0 Å². The van der Waals surface area contributed by atoms with Crippen molar-refractivity contribution in [3.05, 3.63) is 28.2 Å². The van der Waals surface area contributed by atoms with Crippen LogP contribution in [0.2, 0.25) is 0 Å². The van der Waals surface area contributed by atoms with Crippen LogP contribution in [-0.2, 0) is 4.79 Å². The maximum atomic E-state index is 11.9. The van der Waals surface area contributed by atoms with Gasteiger partial charge in [-0.1, -0.05) is 35.2 Å². The summed E-state index contributed by atoms with van der Waals surface area (Å²) < 4.78 is 1.06. The quantitative estimate of drug-likeness (QED) is 0.851. The monoisotopic (exact) mass is 338 g/mol. The van der Waals surface area contributed by atoms with Crippen molar-refractivity contribution in [1.82, 2.24) is 5.32 Å². The molecule has 0 atom stereocenters. The molecule has 0 bridgehead atoms. The van der Waals surface area contributed by atoms with E-state index in [9.17, 15) is 4.79 Å². The fraction of sp³-hybridized carbons (Fsp3) is 0.562. The van der Waals surface area contributed by atoms with Crippen LogP contribution < -0.4 is 10.6 Å². The summed E-state index contributed by atoms with van der Waals surface area (Å²) in [5.74, 6) is 0.0787. The van der Waals surface area contributed by atoms with Gasteiger partial charge >= 0.3 is 0 Å². The highest BCUT2D eigenvalue weighted by Gasteiger charge is 2.12. The van der Waals surface area contributed by atoms with Gasteiger partial charge < -0.3 is 10.6 Å².